The number of aromatic nitrogens is 5. The van der Waals surface area contributed by atoms with Crippen LogP contribution in [0.5, 0.6) is 0 Å². The van der Waals surface area contributed by atoms with E-state index in [4.69, 9.17) is 0 Å². The van der Waals surface area contributed by atoms with E-state index in [0.29, 0.717) is 30.6 Å². The third kappa shape index (κ3) is 4.02. The normalized spacial score (nSPS) is 12.6. The molecule has 0 saturated carbocycles. The van der Waals surface area contributed by atoms with Gasteiger partial charge in [0.2, 0.25) is 5.95 Å². The van der Waals surface area contributed by atoms with E-state index in [0.717, 1.165) is 35.0 Å². The summed E-state index contributed by atoms with van der Waals surface area (Å²) in [4.78, 5) is 47.6. The third-order valence-electron chi connectivity index (χ3n) is 5.76. The van der Waals surface area contributed by atoms with Crippen molar-refractivity contribution in [1.29, 1.82) is 0 Å². The zero-order valence-electron chi connectivity index (χ0n) is 18.1. The van der Waals surface area contributed by atoms with E-state index >= 15 is 0 Å². The highest BCUT2D eigenvalue weighted by Gasteiger charge is 2.21. The summed E-state index contributed by atoms with van der Waals surface area (Å²) in [6.07, 6.45) is 4.81. The van der Waals surface area contributed by atoms with Crippen LogP contribution >= 0.6 is 0 Å². The highest BCUT2D eigenvalue weighted by molar-refractivity contribution is 6.39. The number of nitrogens with zero attached hydrogens (tertiary/aromatic N) is 3. The summed E-state index contributed by atoms with van der Waals surface area (Å²) < 4.78 is 1.34. The number of aromatic amines is 2. The first-order valence-electron chi connectivity index (χ1n) is 10.8. The molecule has 0 radical (unpaired) electrons. The van der Waals surface area contributed by atoms with Gasteiger partial charge in [-0.2, -0.15) is 9.78 Å². The van der Waals surface area contributed by atoms with Crippen molar-refractivity contribution >= 4 is 28.5 Å². The second-order valence-electron chi connectivity index (χ2n) is 8.07. The Morgan fingerprint density at radius 1 is 1.18 bits per heavy atom. The number of amides is 2. The maximum atomic E-state index is 12.5. The van der Waals surface area contributed by atoms with Crippen LogP contribution in [0.2, 0.25) is 0 Å². The molecule has 0 aliphatic heterocycles. The van der Waals surface area contributed by atoms with Gasteiger partial charge in [0, 0.05) is 35.3 Å². The fraction of sp³-hybridized carbons (Fsp3) is 0.261. The summed E-state index contributed by atoms with van der Waals surface area (Å²) in [7, 11) is 0. The monoisotopic (exact) mass is 445 g/mol. The predicted octanol–water partition coefficient (Wildman–Crippen LogP) is 1.53. The molecule has 0 unspecified atom stereocenters. The van der Waals surface area contributed by atoms with Crippen LogP contribution in [0.4, 0.5) is 5.82 Å². The van der Waals surface area contributed by atoms with Gasteiger partial charge in [0.15, 0.2) is 0 Å². The molecule has 0 atom stereocenters. The quantitative estimate of drug-likeness (QED) is 0.345. The molecule has 1 aliphatic rings. The summed E-state index contributed by atoms with van der Waals surface area (Å²) in [6.45, 7) is 2.06. The van der Waals surface area contributed by atoms with Crippen molar-refractivity contribution in [3.8, 4) is 5.95 Å². The Morgan fingerprint density at radius 2 is 2.03 bits per heavy atom. The molecule has 1 aromatic carbocycles. The molecule has 0 spiro atoms. The first kappa shape index (κ1) is 20.7. The van der Waals surface area contributed by atoms with Crippen LogP contribution in [-0.4, -0.2) is 43.1 Å². The van der Waals surface area contributed by atoms with Crippen LogP contribution in [-0.2, 0) is 28.9 Å². The molecule has 2 amide bonds. The van der Waals surface area contributed by atoms with Gasteiger partial charge in [-0.3, -0.25) is 19.4 Å². The summed E-state index contributed by atoms with van der Waals surface area (Å²) in [5, 5.41) is 10.6. The lowest BCUT2D eigenvalue weighted by Crippen LogP contribution is -2.37. The topological polar surface area (TPSA) is 138 Å². The predicted molar refractivity (Wildman–Crippen MR) is 122 cm³/mol. The zero-order valence-corrected chi connectivity index (χ0v) is 18.1. The molecule has 0 fully saturated rings. The molecule has 4 N–H and O–H groups in total. The first-order chi connectivity index (χ1) is 16.0. The van der Waals surface area contributed by atoms with E-state index in [-0.39, 0.29) is 17.3 Å². The molecule has 3 heterocycles. The lowest BCUT2D eigenvalue weighted by molar-refractivity contribution is -0.136. The number of anilines is 1. The van der Waals surface area contributed by atoms with Crippen LogP contribution in [0.25, 0.3) is 16.9 Å². The fourth-order valence-corrected chi connectivity index (χ4v) is 4.18. The van der Waals surface area contributed by atoms with Gasteiger partial charge < -0.3 is 15.6 Å². The van der Waals surface area contributed by atoms with Crippen LogP contribution in [0.3, 0.4) is 0 Å². The summed E-state index contributed by atoms with van der Waals surface area (Å²) in [5.74, 6) is -1.11. The molecular formula is C23H23N7O3. The van der Waals surface area contributed by atoms with Crippen LogP contribution in [0.1, 0.15) is 28.9 Å². The number of carbonyl (C=O) groups excluding carboxylic acids is 2. The lowest BCUT2D eigenvalue weighted by atomic mass is 10.1. The van der Waals surface area contributed by atoms with E-state index in [9.17, 15) is 14.4 Å². The van der Waals surface area contributed by atoms with Gasteiger partial charge in [-0.15, -0.1) is 0 Å². The summed E-state index contributed by atoms with van der Waals surface area (Å²) in [5.41, 5.74) is 3.93. The molecule has 0 saturated heterocycles. The van der Waals surface area contributed by atoms with Crippen molar-refractivity contribution in [3.63, 3.8) is 0 Å². The highest BCUT2D eigenvalue weighted by Crippen LogP contribution is 2.20. The molecule has 0 bridgehead atoms. The number of benzene rings is 1. The molecule has 1 aliphatic carbocycles. The number of para-hydroxylation sites is 1. The maximum Gasteiger partial charge on any atom is 0.314 e. The SMILES string of the molecule is Cc1cc(NC(=O)C(=O)NCCc2c[nH]c3ccccc23)n(-c2nc3c(c(=O)[nH]2)CCC3)n1. The smallest absolute Gasteiger partial charge is 0.314 e. The van der Waals surface area contributed by atoms with Crippen molar-refractivity contribution in [1.82, 2.24) is 30.0 Å². The number of H-pyrrole nitrogens is 2. The minimum atomic E-state index is -0.821. The standard InChI is InChI=1S/C23H23N7O3/c1-13-11-19(30(29-13)23-26-18-8-4-6-16(18)20(31)28-23)27-22(33)21(32)24-10-9-14-12-25-17-7-3-2-5-15(14)17/h2-3,5,7,11-12,25H,4,6,8-10H2,1H3,(H,24,32)(H,27,33)(H,26,28,31). The van der Waals surface area contributed by atoms with Crippen molar-refractivity contribution in [2.24, 2.45) is 0 Å². The number of hydrogen-bond donors (Lipinski definition) is 4. The largest absolute Gasteiger partial charge is 0.361 e. The number of hydrogen-bond acceptors (Lipinski definition) is 5. The minimum absolute atomic E-state index is 0.201. The van der Waals surface area contributed by atoms with Gasteiger partial charge in [-0.1, -0.05) is 18.2 Å². The van der Waals surface area contributed by atoms with Gasteiger partial charge in [0.05, 0.1) is 11.4 Å². The molecule has 4 aromatic rings. The van der Waals surface area contributed by atoms with Crippen molar-refractivity contribution in [2.75, 3.05) is 11.9 Å². The van der Waals surface area contributed by atoms with E-state index in [1.807, 2.05) is 30.5 Å². The summed E-state index contributed by atoms with van der Waals surface area (Å²) >= 11 is 0. The van der Waals surface area contributed by atoms with Crippen molar-refractivity contribution in [2.45, 2.75) is 32.6 Å². The average molecular weight is 445 g/mol. The van der Waals surface area contributed by atoms with Crippen molar-refractivity contribution < 1.29 is 9.59 Å². The van der Waals surface area contributed by atoms with E-state index in [2.05, 4.69) is 30.7 Å². The van der Waals surface area contributed by atoms with Gasteiger partial charge >= 0.3 is 11.8 Å². The van der Waals surface area contributed by atoms with Gasteiger partial charge in [0.25, 0.3) is 5.56 Å². The van der Waals surface area contributed by atoms with Crippen LogP contribution in [0.15, 0.2) is 41.3 Å². The minimum Gasteiger partial charge on any atom is -0.361 e. The zero-order chi connectivity index (χ0) is 22.9. The second-order valence-corrected chi connectivity index (χ2v) is 8.07. The Bertz CT molecular complexity index is 1430. The second kappa shape index (κ2) is 8.38. The Balaban J connectivity index is 1.26. The molecule has 33 heavy (non-hydrogen) atoms. The Morgan fingerprint density at radius 3 is 2.91 bits per heavy atom. The van der Waals surface area contributed by atoms with Crippen LogP contribution in [0, 0.1) is 6.92 Å². The fourth-order valence-electron chi connectivity index (χ4n) is 4.18. The highest BCUT2D eigenvalue weighted by atomic mass is 16.2. The Labute approximate surface area is 188 Å². The van der Waals surface area contributed by atoms with Crippen molar-refractivity contribution in [3.05, 3.63) is 69.4 Å². The Kier molecular flexibility index (Phi) is 5.25. The molecule has 10 heteroatoms. The van der Waals surface area contributed by atoms with E-state index in [1.165, 1.54) is 4.68 Å². The molecular weight excluding hydrogens is 422 g/mol. The molecule has 5 rings (SSSR count). The first-order valence-corrected chi connectivity index (χ1v) is 10.8. The number of fused-ring (bicyclic) bond motifs is 2. The average Bonchev–Trinajstić information content (AvgIpc) is 3.52. The number of carbonyl (C=O) groups is 2. The Hall–Kier alpha value is -4.21. The molecule has 3 aromatic heterocycles. The van der Waals surface area contributed by atoms with Gasteiger partial charge in [-0.25, -0.2) is 4.98 Å². The third-order valence-corrected chi connectivity index (χ3v) is 5.76. The maximum absolute atomic E-state index is 12.5. The van der Waals surface area contributed by atoms with Gasteiger partial charge in [0.1, 0.15) is 5.82 Å². The van der Waals surface area contributed by atoms with Gasteiger partial charge in [-0.05, 0) is 44.2 Å². The molecule has 168 valence electrons. The number of rotatable bonds is 5. The number of aryl methyl sites for hydroxylation is 2. The van der Waals surface area contributed by atoms with Crippen LogP contribution < -0.4 is 16.2 Å². The number of nitrogens with one attached hydrogen (secondary N) is 4. The van der Waals surface area contributed by atoms with E-state index < -0.39 is 11.8 Å². The lowest BCUT2D eigenvalue weighted by Gasteiger charge is -2.09. The molecule has 10 nitrogen and oxygen atoms in total. The van der Waals surface area contributed by atoms with E-state index in [1.54, 1.807) is 13.0 Å². The summed E-state index contributed by atoms with van der Waals surface area (Å²) in [6, 6.07) is 9.52.